The third-order valence-electron chi connectivity index (χ3n) is 4.11. The lowest BCUT2D eigenvalue weighted by Gasteiger charge is -2.11. The first-order chi connectivity index (χ1) is 15.7. The number of nitrogens with two attached hydrogens (primary N) is 1. The number of para-hydroxylation sites is 2. The molecule has 0 fully saturated rings. The summed E-state index contributed by atoms with van der Waals surface area (Å²) in [6, 6.07) is 12.9. The van der Waals surface area contributed by atoms with E-state index in [4.69, 9.17) is 15.2 Å². The molecule has 3 rings (SSSR count). The van der Waals surface area contributed by atoms with Crippen LogP contribution in [0.3, 0.4) is 0 Å². The summed E-state index contributed by atoms with van der Waals surface area (Å²) in [6.45, 7) is -1.86. The Bertz CT molecular complexity index is 1090. The fourth-order valence-electron chi connectivity index (χ4n) is 2.66. The minimum atomic E-state index is -4.40. The minimum Gasteiger partial charge on any atom is -0.495 e. The number of aromatic nitrogens is 3. The zero-order valence-electron chi connectivity index (χ0n) is 17.4. The summed E-state index contributed by atoms with van der Waals surface area (Å²) in [5.74, 6) is 0.0797. The van der Waals surface area contributed by atoms with Crippen molar-refractivity contribution in [3.05, 3.63) is 65.5 Å². The number of esters is 1. The van der Waals surface area contributed by atoms with Gasteiger partial charge < -0.3 is 25.3 Å². The number of ether oxygens (including phenoxy) is 3. The number of hydrogen-bond acceptors (Lipinski definition) is 9. The average Bonchev–Trinajstić information content (AvgIpc) is 2.77. The number of nitrogens with zero attached hydrogens (tertiary/aromatic N) is 3. The van der Waals surface area contributed by atoms with Gasteiger partial charge in [0.1, 0.15) is 12.4 Å². The molecule has 0 unspecified atom stereocenters. The van der Waals surface area contributed by atoms with Crippen LogP contribution in [0.25, 0.3) is 0 Å². The molecule has 0 spiro atoms. The van der Waals surface area contributed by atoms with Crippen molar-refractivity contribution in [1.29, 1.82) is 0 Å². The Balaban J connectivity index is 1.58. The van der Waals surface area contributed by atoms with E-state index in [1.54, 1.807) is 24.3 Å². The maximum absolute atomic E-state index is 12.3. The fourth-order valence-corrected chi connectivity index (χ4v) is 2.66. The van der Waals surface area contributed by atoms with Crippen LogP contribution < -0.4 is 15.8 Å². The summed E-state index contributed by atoms with van der Waals surface area (Å²) in [5.41, 5.74) is 7.01. The topological polar surface area (TPSA) is 121 Å². The number of carbonyl (C=O) groups excluding carboxylic acids is 1. The van der Waals surface area contributed by atoms with Gasteiger partial charge in [0.25, 0.3) is 0 Å². The Morgan fingerprint density at radius 3 is 2.45 bits per heavy atom. The number of methoxy groups -OCH3 is 1. The Morgan fingerprint density at radius 2 is 1.76 bits per heavy atom. The minimum absolute atomic E-state index is 0.0725. The highest BCUT2D eigenvalue weighted by Gasteiger charge is 2.27. The van der Waals surface area contributed by atoms with Gasteiger partial charge in [-0.3, -0.25) is 0 Å². The molecule has 0 aliphatic heterocycles. The summed E-state index contributed by atoms with van der Waals surface area (Å²) in [7, 11) is 1.52. The molecular formula is C21H20F3N5O4. The number of carbonyl (C=O) groups is 1. The highest BCUT2D eigenvalue weighted by Crippen LogP contribution is 2.25. The first-order valence-corrected chi connectivity index (χ1v) is 9.54. The highest BCUT2D eigenvalue weighted by molar-refractivity contribution is 5.89. The molecule has 174 valence electrons. The standard InChI is InChI=1S/C21H20F3N5O4/c1-31-16-5-3-2-4-15(16)26-20-28-17(27-19(25)29-20)11-33-18(30)14-8-6-13(7-9-14)10-32-12-21(22,23)24/h2-9H,10-12H2,1H3,(H3,25,26,27,28,29). The zero-order valence-corrected chi connectivity index (χ0v) is 17.4. The summed E-state index contributed by atoms with van der Waals surface area (Å²) in [5, 5.41) is 2.97. The van der Waals surface area contributed by atoms with Gasteiger partial charge >= 0.3 is 12.1 Å². The molecule has 0 radical (unpaired) electrons. The van der Waals surface area contributed by atoms with Gasteiger partial charge in [0.15, 0.2) is 12.4 Å². The Kier molecular flexibility index (Phi) is 7.61. The predicted octanol–water partition coefficient (Wildman–Crippen LogP) is 3.64. The van der Waals surface area contributed by atoms with E-state index >= 15 is 0 Å². The van der Waals surface area contributed by atoms with Gasteiger partial charge in [-0.2, -0.15) is 28.1 Å². The largest absolute Gasteiger partial charge is 0.495 e. The number of nitrogens with one attached hydrogen (secondary N) is 1. The van der Waals surface area contributed by atoms with Crippen molar-refractivity contribution in [3.63, 3.8) is 0 Å². The molecular weight excluding hydrogens is 443 g/mol. The van der Waals surface area contributed by atoms with Crippen molar-refractivity contribution in [2.24, 2.45) is 0 Å². The van der Waals surface area contributed by atoms with Crippen LogP contribution in [0.4, 0.5) is 30.8 Å². The quantitative estimate of drug-likeness (QED) is 0.458. The van der Waals surface area contributed by atoms with Crippen LogP contribution >= 0.6 is 0 Å². The molecule has 3 N–H and O–H groups in total. The van der Waals surface area contributed by atoms with E-state index in [0.29, 0.717) is 17.0 Å². The van der Waals surface area contributed by atoms with Gasteiger partial charge in [0.2, 0.25) is 11.9 Å². The van der Waals surface area contributed by atoms with Crippen LogP contribution in [0.1, 0.15) is 21.7 Å². The van der Waals surface area contributed by atoms with E-state index in [0.717, 1.165) is 0 Å². The van der Waals surface area contributed by atoms with E-state index < -0.39 is 18.8 Å². The van der Waals surface area contributed by atoms with Crippen molar-refractivity contribution in [2.75, 3.05) is 24.8 Å². The number of benzene rings is 2. The number of rotatable bonds is 9. The SMILES string of the molecule is COc1ccccc1Nc1nc(N)nc(COC(=O)c2ccc(COCC(F)(F)F)cc2)n1. The number of nitrogen functional groups attached to an aromatic ring is 1. The van der Waals surface area contributed by atoms with Gasteiger partial charge in [-0.1, -0.05) is 24.3 Å². The average molecular weight is 463 g/mol. The molecule has 1 aromatic heterocycles. The van der Waals surface area contributed by atoms with Crippen LogP contribution in [0.5, 0.6) is 5.75 Å². The second kappa shape index (κ2) is 10.6. The van der Waals surface area contributed by atoms with Crippen LogP contribution in [0.15, 0.2) is 48.5 Å². The summed E-state index contributed by atoms with van der Waals surface area (Å²) in [6.07, 6.45) is -4.40. The van der Waals surface area contributed by atoms with E-state index in [1.165, 1.54) is 31.4 Å². The van der Waals surface area contributed by atoms with E-state index in [1.807, 2.05) is 0 Å². The molecule has 3 aromatic rings. The monoisotopic (exact) mass is 463 g/mol. The van der Waals surface area contributed by atoms with Gasteiger partial charge in [-0.15, -0.1) is 0 Å². The fraction of sp³-hybridized carbons (Fsp3) is 0.238. The number of hydrogen-bond donors (Lipinski definition) is 2. The van der Waals surface area contributed by atoms with E-state index in [2.05, 4.69) is 25.0 Å². The summed E-state index contributed by atoms with van der Waals surface area (Å²) in [4.78, 5) is 24.4. The molecule has 0 aliphatic carbocycles. The molecule has 0 saturated carbocycles. The van der Waals surface area contributed by atoms with E-state index in [-0.39, 0.29) is 36.5 Å². The lowest BCUT2D eigenvalue weighted by Crippen LogP contribution is -2.16. The summed E-state index contributed by atoms with van der Waals surface area (Å²) >= 11 is 0. The zero-order chi connectivity index (χ0) is 23.8. The molecule has 33 heavy (non-hydrogen) atoms. The van der Waals surface area contributed by atoms with Gasteiger partial charge in [-0.25, -0.2) is 4.79 Å². The molecule has 0 aliphatic rings. The Hall–Kier alpha value is -3.93. The van der Waals surface area contributed by atoms with Crippen molar-refractivity contribution < 1.29 is 32.2 Å². The third-order valence-corrected chi connectivity index (χ3v) is 4.11. The smallest absolute Gasteiger partial charge is 0.411 e. The van der Waals surface area contributed by atoms with Crippen LogP contribution in [-0.4, -0.2) is 40.8 Å². The van der Waals surface area contributed by atoms with Crippen molar-refractivity contribution in [1.82, 2.24) is 15.0 Å². The maximum Gasteiger partial charge on any atom is 0.411 e. The second-order valence-corrected chi connectivity index (χ2v) is 6.64. The molecule has 1 heterocycles. The Labute approximate surface area is 186 Å². The molecule has 12 heteroatoms. The summed E-state index contributed by atoms with van der Waals surface area (Å²) < 4.78 is 51.4. The van der Waals surface area contributed by atoms with Gasteiger partial charge in [0.05, 0.1) is 25.0 Å². The predicted molar refractivity (Wildman–Crippen MR) is 112 cm³/mol. The molecule has 2 aromatic carbocycles. The van der Waals surface area contributed by atoms with Crippen LogP contribution in [-0.2, 0) is 22.7 Å². The number of anilines is 3. The van der Waals surface area contributed by atoms with Crippen molar-refractivity contribution in [3.8, 4) is 5.75 Å². The maximum atomic E-state index is 12.3. The molecule has 9 nitrogen and oxygen atoms in total. The lowest BCUT2D eigenvalue weighted by atomic mass is 10.1. The van der Waals surface area contributed by atoms with Crippen molar-refractivity contribution >= 4 is 23.6 Å². The van der Waals surface area contributed by atoms with Gasteiger partial charge in [0, 0.05) is 0 Å². The van der Waals surface area contributed by atoms with Crippen molar-refractivity contribution in [2.45, 2.75) is 19.4 Å². The second-order valence-electron chi connectivity index (χ2n) is 6.64. The normalized spacial score (nSPS) is 11.2. The van der Waals surface area contributed by atoms with E-state index in [9.17, 15) is 18.0 Å². The molecule has 0 bridgehead atoms. The Morgan fingerprint density at radius 1 is 1.03 bits per heavy atom. The van der Waals surface area contributed by atoms with Crippen LogP contribution in [0.2, 0.25) is 0 Å². The number of halogens is 3. The molecule has 0 atom stereocenters. The van der Waals surface area contributed by atoms with Crippen LogP contribution in [0, 0.1) is 0 Å². The third kappa shape index (κ3) is 7.31. The highest BCUT2D eigenvalue weighted by atomic mass is 19.4. The first-order valence-electron chi connectivity index (χ1n) is 9.54. The molecule has 0 saturated heterocycles. The van der Waals surface area contributed by atoms with Gasteiger partial charge in [-0.05, 0) is 29.8 Å². The lowest BCUT2D eigenvalue weighted by molar-refractivity contribution is -0.176. The number of alkyl halides is 3. The molecule has 0 amide bonds. The first kappa shape index (κ1) is 23.7.